The van der Waals surface area contributed by atoms with Gasteiger partial charge in [-0.15, -0.1) is 0 Å². The Balaban J connectivity index is 1.96. The summed E-state index contributed by atoms with van der Waals surface area (Å²) in [5.41, 5.74) is 0.0518. The van der Waals surface area contributed by atoms with Gasteiger partial charge in [-0.1, -0.05) is 35.5 Å². The molecule has 0 aromatic heterocycles. The van der Waals surface area contributed by atoms with Crippen molar-refractivity contribution in [3.8, 4) is 0 Å². The van der Waals surface area contributed by atoms with Gasteiger partial charge in [-0.25, -0.2) is 0 Å². The average Bonchev–Trinajstić information content (AvgIpc) is 2.54. The van der Waals surface area contributed by atoms with Gasteiger partial charge in [0.05, 0.1) is 5.57 Å². The zero-order valence-electron chi connectivity index (χ0n) is 13.5. The van der Waals surface area contributed by atoms with Crippen LogP contribution in [0.1, 0.15) is 5.56 Å². The monoisotopic (exact) mass is 315 g/mol. The molecule has 0 spiro atoms. The molecule has 0 aliphatic carbocycles. The van der Waals surface area contributed by atoms with E-state index in [1.165, 1.54) is 22.1 Å². The van der Waals surface area contributed by atoms with Crippen LogP contribution in [-0.4, -0.2) is 53.9 Å². The quantitative estimate of drug-likeness (QED) is 0.658. The summed E-state index contributed by atoms with van der Waals surface area (Å²) in [6.45, 7) is 0.320. The SMILES string of the molecule is CN(C)C(=O)C1=CN(C)C(O)(C=NOCc2ccccc2)C=C1. The lowest BCUT2D eigenvalue weighted by Gasteiger charge is -2.33. The van der Waals surface area contributed by atoms with E-state index in [1.807, 2.05) is 30.3 Å². The second kappa shape index (κ2) is 7.11. The van der Waals surface area contributed by atoms with Crippen molar-refractivity contribution < 1.29 is 14.7 Å². The molecule has 23 heavy (non-hydrogen) atoms. The van der Waals surface area contributed by atoms with Crippen molar-refractivity contribution in [1.82, 2.24) is 9.80 Å². The van der Waals surface area contributed by atoms with E-state index in [1.54, 1.807) is 33.4 Å². The number of benzene rings is 1. The maximum atomic E-state index is 11.9. The summed E-state index contributed by atoms with van der Waals surface area (Å²) in [7, 11) is 5.02. The Morgan fingerprint density at radius 1 is 1.39 bits per heavy atom. The van der Waals surface area contributed by atoms with E-state index in [-0.39, 0.29) is 5.91 Å². The molecule has 2 rings (SSSR count). The van der Waals surface area contributed by atoms with E-state index in [9.17, 15) is 9.90 Å². The first-order valence-corrected chi connectivity index (χ1v) is 7.21. The van der Waals surface area contributed by atoms with Crippen LogP contribution in [0.3, 0.4) is 0 Å². The number of likely N-dealkylation sites (N-methyl/N-ethyl adjacent to an activating group) is 2. The van der Waals surface area contributed by atoms with Gasteiger partial charge < -0.3 is 19.7 Å². The third-order valence-corrected chi connectivity index (χ3v) is 3.45. The minimum Gasteiger partial charge on any atom is -0.391 e. The molecule has 0 bridgehead atoms. The van der Waals surface area contributed by atoms with E-state index in [0.717, 1.165) is 5.56 Å². The maximum absolute atomic E-state index is 11.9. The van der Waals surface area contributed by atoms with Gasteiger partial charge in [-0.05, 0) is 17.7 Å². The maximum Gasteiger partial charge on any atom is 0.254 e. The number of nitrogens with zero attached hydrogens (tertiary/aromatic N) is 3. The van der Waals surface area contributed by atoms with Crippen LogP contribution in [0.5, 0.6) is 0 Å². The van der Waals surface area contributed by atoms with Gasteiger partial charge in [-0.3, -0.25) is 4.79 Å². The van der Waals surface area contributed by atoms with Crippen molar-refractivity contribution in [2.75, 3.05) is 21.1 Å². The zero-order valence-corrected chi connectivity index (χ0v) is 13.5. The van der Waals surface area contributed by atoms with Crippen molar-refractivity contribution in [3.05, 3.63) is 59.8 Å². The molecule has 1 N–H and O–H groups in total. The van der Waals surface area contributed by atoms with E-state index < -0.39 is 5.72 Å². The summed E-state index contributed by atoms with van der Waals surface area (Å²) >= 11 is 0. The van der Waals surface area contributed by atoms with Crippen LogP contribution in [0.25, 0.3) is 0 Å². The Hall–Kier alpha value is -2.60. The van der Waals surface area contributed by atoms with Crippen LogP contribution in [0, 0.1) is 0 Å². The molecule has 0 fully saturated rings. The molecule has 1 aliphatic rings. The van der Waals surface area contributed by atoms with Crippen LogP contribution >= 0.6 is 0 Å². The molecule has 1 unspecified atom stereocenters. The Morgan fingerprint density at radius 3 is 2.70 bits per heavy atom. The highest BCUT2D eigenvalue weighted by Gasteiger charge is 2.30. The van der Waals surface area contributed by atoms with E-state index in [2.05, 4.69) is 5.16 Å². The summed E-state index contributed by atoms with van der Waals surface area (Å²) in [5.74, 6) is -0.132. The van der Waals surface area contributed by atoms with Crippen LogP contribution in [0.2, 0.25) is 0 Å². The molecule has 6 heteroatoms. The normalized spacial score (nSPS) is 20.5. The number of oxime groups is 1. The first-order valence-electron chi connectivity index (χ1n) is 7.21. The average molecular weight is 315 g/mol. The Morgan fingerprint density at radius 2 is 2.09 bits per heavy atom. The standard InChI is InChI=1S/C17H21N3O3/c1-19(2)16(21)15-9-10-17(22,20(3)11-15)13-18-23-12-14-7-5-4-6-8-14/h4-11,13,22H,12H2,1-3H3. The lowest BCUT2D eigenvalue weighted by Crippen LogP contribution is -2.45. The predicted octanol–water partition coefficient (Wildman–Crippen LogP) is 1.35. The Bertz CT molecular complexity index is 638. The van der Waals surface area contributed by atoms with Crippen molar-refractivity contribution in [1.29, 1.82) is 0 Å². The number of aliphatic hydroxyl groups is 1. The number of hydrogen-bond acceptors (Lipinski definition) is 5. The third-order valence-electron chi connectivity index (χ3n) is 3.45. The van der Waals surface area contributed by atoms with Crippen LogP contribution in [-0.2, 0) is 16.2 Å². The third kappa shape index (κ3) is 4.20. The molecule has 1 atom stereocenters. The number of carbonyl (C=O) groups is 1. The highest BCUT2D eigenvalue weighted by atomic mass is 16.6. The molecule has 1 heterocycles. The predicted molar refractivity (Wildman–Crippen MR) is 88.4 cm³/mol. The van der Waals surface area contributed by atoms with Gasteiger partial charge in [0.15, 0.2) is 5.72 Å². The summed E-state index contributed by atoms with van der Waals surface area (Å²) < 4.78 is 0. The lowest BCUT2D eigenvalue weighted by atomic mass is 10.1. The Kier molecular flexibility index (Phi) is 5.18. The smallest absolute Gasteiger partial charge is 0.254 e. The molecule has 1 aliphatic heterocycles. The second-order valence-electron chi connectivity index (χ2n) is 5.50. The fourth-order valence-corrected chi connectivity index (χ4v) is 2.00. The van der Waals surface area contributed by atoms with Gasteiger partial charge in [0.25, 0.3) is 5.91 Å². The number of amides is 1. The molecular weight excluding hydrogens is 294 g/mol. The first-order chi connectivity index (χ1) is 10.9. The molecule has 1 aromatic carbocycles. The minimum atomic E-state index is -1.42. The van der Waals surface area contributed by atoms with Gasteiger partial charge in [0.1, 0.15) is 12.8 Å². The van der Waals surface area contributed by atoms with Crippen molar-refractivity contribution in [2.24, 2.45) is 5.16 Å². The fourth-order valence-electron chi connectivity index (χ4n) is 2.00. The molecule has 122 valence electrons. The molecule has 0 saturated carbocycles. The topological polar surface area (TPSA) is 65.4 Å². The van der Waals surface area contributed by atoms with Gasteiger partial charge in [-0.2, -0.15) is 0 Å². The lowest BCUT2D eigenvalue weighted by molar-refractivity contribution is -0.124. The largest absolute Gasteiger partial charge is 0.391 e. The van der Waals surface area contributed by atoms with Crippen molar-refractivity contribution in [2.45, 2.75) is 12.3 Å². The number of hydrogen-bond donors (Lipinski definition) is 1. The second-order valence-corrected chi connectivity index (χ2v) is 5.50. The van der Waals surface area contributed by atoms with Crippen LogP contribution in [0.4, 0.5) is 0 Å². The van der Waals surface area contributed by atoms with Gasteiger partial charge >= 0.3 is 0 Å². The summed E-state index contributed by atoms with van der Waals surface area (Å²) in [5, 5.41) is 14.3. The molecule has 0 saturated heterocycles. The molecule has 1 amide bonds. The molecular formula is C17H21N3O3. The minimum absolute atomic E-state index is 0.132. The van der Waals surface area contributed by atoms with Crippen LogP contribution in [0.15, 0.2) is 59.4 Å². The van der Waals surface area contributed by atoms with Crippen molar-refractivity contribution >= 4 is 12.1 Å². The highest BCUT2D eigenvalue weighted by Crippen LogP contribution is 2.19. The fraction of sp³-hybridized carbons (Fsp3) is 0.294. The van der Waals surface area contributed by atoms with E-state index >= 15 is 0 Å². The number of carbonyl (C=O) groups excluding carboxylic acids is 1. The van der Waals surface area contributed by atoms with Crippen LogP contribution < -0.4 is 0 Å². The summed E-state index contributed by atoms with van der Waals surface area (Å²) in [6.07, 6.45) is 5.94. The van der Waals surface area contributed by atoms with E-state index in [0.29, 0.717) is 12.2 Å². The summed E-state index contributed by atoms with van der Waals surface area (Å²) in [6, 6.07) is 9.62. The van der Waals surface area contributed by atoms with Gasteiger partial charge in [0, 0.05) is 27.3 Å². The number of rotatable bonds is 5. The summed E-state index contributed by atoms with van der Waals surface area (Å²) in [4.78, 5) is 20.1. The molecule has 6 nitrogen and oxygen atoms in total. The molecule has 1 aromatic rings. The highest BCUT2D eigenvalue weighted by molar-refractivity contribution is 5.96. The van der Waals surface area contributed by atoms with Gasteiger partial charge in [0.2, 0.25) is 0 Å². The first kappa shape index (κ1) is 16.8. The molecule has 0 radical (unpaired) electrons. The van der Waals surface area contributed by atoms with E-state index in [4.69, 9.17) is 4.84 Å². The Labute approximate surface area is 135 Å². The zero-order chi connectivity index (χ0) is 16.9. The van der Waals surface area contributed by atoms with Crippen molar-refractivity contribution in [3.63, 3.8) is 0 Å².